The number of rotatable bonds is 21. The molecule has 230 valence electrons. The standard InChI is InChI=1S/C27H47N8O5P/c1-5-9-14-39-25(36)20(7-3)33-41(34-21(8-4)26(37)40-15-10-6-2)18-38-16-13-35-17-29-22-23(30-19-11-12-19)31-27(28)32-24(22)35/h17,19-21,33-34H,5-16,18H2,1-4H3,(H3,28,30,31,32)/t20-,21-/m0/s1. The zero-order valence-corrected chi connectivity index (χ0v) is 25.8. The van der Waals surface area contributed by atoms with Gasteiger partial charge in [0, 0.05) is 12.6 Å². The van der Waals surface area contributed by atoms with E-state index < -0.39 is 20.3 Å². The average Bonchev–Trinajstić information content (AvgIpc) is 3.69. The number of aromatic nitrogens is 4. The molecule has 3 rings (SSSR count). The van der Waals surface area contributed by atoms with Gasteiger partial charge >= 0.3 is 11.9 Å². The number of nitrogens with zero attached hydrogens (tertiary/aromatic N) is 4. The minimum absolute atomic E-state index is 0.188. The predicted molar refractivity (Wildman–Crippen MR) is 160 cm³/mol. The molecule has 5 N–H and O–H groups in total. The Morgan fingerprint density at radius 3 is 2.15 bits per heavy atom. The van der Waals surface area contributed by atoms with E-state index in [-0.39, 0.29) is 24.2 Å². The van der Waals surface area contributed by atoms with E-state index in [1.165, 1.54) is 0 Å². The van der Waals surface area contributed by atoms with Crippen molar-refractivity contribution < 1.29 is 23.8 Å². The smallest absolute Gasteiger partial charge is 0.323 e. The van der Waals surface area contributed by atoms with Gasteiger partial charge in [-0.1, -0.05) is 40.5 Å². The number of esters is 2. The Morgan fingerprint density at radius 1 is 1.00 bits per heavy atom. The first-order valence-corrected chi connectivity index (χ1v) is 16.4. The summed E-state index contributed by atoms with van der Waals surface area (Å²) in [5.74, 6) is 0.241. The monoisotopic (exact) mass is 594 g/mol. The zero-order valence-electron chi connectivity index (χ0n) is 24.9. The maximum atomic E-state index is 12.7. The summed E-state index contributed by atoms with van der Waals surface area (Å²) < 4.78 is 18.9. The van der Waals surface area contributed by atoms with Crippen molar-refractivity contribution in [1.82, 2.24) is 29.7 Å². The first-order valence-electron chi connectivity index (χ1n) is 14.9. The lowest BCUT2D eigenvalue weighted by Gasteiger charge is -2.28. The normalized spacial score (nSPS) is 14.8. The van der Waals surface area contributed by atoms with Crippen molar-refractivity contribution in [2.24, 2.45) is 0 Å². The highest BCUT2D eigenvalue weighted by Crippen LogP contribution is 2.30. The van der Waals surface area contributed by atoms with Crippen LogP contribution in [0.1, 0.15) is 79.1 Å². The quantitative estimate of drug-likeness (QED) is 0.0941. The Balaban J connectivity index is 1.62. The van der Waals surface area contributed by atoms with E-state index in [9.17, 15) is 9.59 Å². The van der Waals surface area contributed by atoms with Crippen LogP contribution in [0.15, 0.2) is 6.33 Å². The second-order valence-corrected chi connectivity index (χ2v) is 11.8. The number of nitrogens with one attached hydrogen (secondary N) is 3. The van der Waals surface area contributed by atoms with Crippen LogP contribution in [0.3, 0.4) is 0 Å². The van der Waals surface area contributed by atoms with E-state index in [0.717, 1.165) is 38.5 Å². The SMILES string of the molecule is CCCCOC(=O)[C@H](CC)NP(COCCn1cnc2c(NC3CC3)nc(N)nc21)N[C@@H](CC)C(=O)OCCCC. The van der Waals surface area contributed by atoms with Crippen molar-refractivity contribution in [2.75, 3.05) is 37.2 Å². The Bertz CT molecular complexity index is 1070. The number of carbonyl (C=O) groups is 2. The summed E-state index contributed by atoms with van der Waals surface area (Å²) in [6.07, 6.45) is 8.80. The van der Waals surface area contributed by atoms with Crippen molar-refractivity contribution >= 4 is 43.1 Å². The van der Waals surface area contributed by atoms with E-state index in [1.807, 2.05) is 32.3 Å². The largest absolute Gasteiger partial charge is 0.465 e. The Kier molecular flexibility index (Phi) is 13.9. The molecule has 0 radical (unpaired) electrons. The van der Waals surface area contributed by atoms with Crippen LogP contribution >= 0.6 is 8.22 Å². The molecule has 2 atom stereocenters. The first kappa shape index (κ1) is 32.9. The molecule has 1 fully saturated rings. The number of nitrogens with two attached hydrogens (primary N) is 1. The zero-order chi connectivity index (χ0) is 29.6. The molecule has 0 saturated heterocycles. The maximum absolute atomic E-state index is 12.7. The number of anilines is 2. The van der Waals surface area contributed by atoms with Crippen LogP contribution in [0.5, 0.6) is 0 Å². The summed E-state index contributed by atoms with van der Waals surface area (Å²) in [4.78, 5) is 38.6. The van der Waals surface area contributed by atoms with E-state index >= 15 is 0 Å². The van der Waals surface area contributed by atoms with Crippen molar-refractivity contribution in [3.05, 3.63) is 6.33 Å². The lowest BCUT2D eigenvalue weighted by Crippen LogP contribution is -2.42. The molecule has 0 amide bonds. The summed E-state index contributed by atoms with van der Waals surface area (Å²) in [6, 6.07) is -0.623. The molecule has 2 heterocycles. The molecule has 0 bridgehead atoms. The van der Waals surface area contributed by atoms with Crippen LogP contribution in [-0.4, -0.2) is 75.8 Å². The molecule has 0 aliphatic heterocycles. The van der Waals surface area contributed by atoms with Gasteiger partial charge in [0.1, 0.15) is 12.1 Å². The van der Waals surface area contributed by atoms with E-state index in [1.54, 1.807) is 6.33 Å². The molecular formula is C27H47N8O5P. The van der Waals surface area contributed by atoms with Crippen molar-refractivity contribution in [1.29, 1.82) is 0 Å². The van der Waals surface area contributed by atoms with Crippen molar-refractivity contribution in [3.8, 4) is 0 Å². The van der Waals surface area contributed by atoms with Crippen molar-refractivity contribution in [3.63, 3.8) is 0 Å². The summed E-state index contributed by atoms with van der Waals surface area (Å²) in [5, 5.41) is 10.1. The molecule has 2 aromatic rings. The van der Waals surface area contributed by atoms with E-state index in [2.05, 4.69) is 30.4 Å². The van der Waals surface area contributed by atoms with E-state index in [4.69, 9.17) is 19.9 Å². The van der Waals surface area contributed by atoms with Crippen LogP contribution < -0.4 is 21.2 Å². The Labute approximate surface area is 243 Å². The summed E-state index contributed by atoms with van der Waals surface area (Å²) in [7, 11) is -1.27. The number of carbonyl (C=O) groups excluding carboxylic acids is 2. The fourth-order valence-electron chi connectivity index (χ4n) is 3.91. The van der Waals surface area contributed by atoms with E-state index in [0.29, 0.717) is 62.2 Å². The third kappa shape index (κ3) is 10.6. The molecular weight excluding hydrogens is 547 g/mol. The predicted octanol–water partition coefficient (Wildman–Crippen LogP) is 3.69. The van der Waals surface area contributed by atoms with Gasteiger partial charge in [-0.3, -0.25) is 19.8 Å². The number of unbranched alkanes of at least 4 members (excludes halogenated alkanes) is 2. The van der Waals surface area contributed by atoms with Gasteiger partial charge in [0.2, 0.25) is 5.95 Å². The van der Waals surface area contributed by atoms with Gasteiger partial charge in [-0.25, -0.2) is 4.98 Å². The van der Waals surface area contributed by atoms with Crippen LogP contribution in [0, 0.1) is 0 Å². The van der Waals surface area contributed by atoms with Crippen LogP contribution in [-0.2, 0) is 30.3 Å². The third-order valence-electron chi connectivity index (χ3n) is 6.59. The molecule has 1 aliphatic rings. The molecule has 0 spiro atoms. The number of ether oxygens (including phenoxy) is 3. The third-order valence-corrected chi connectivity index (χ3v) is 8.28. The number of nitrogen functional groups attached to an aromatic ring is 1. The molecule has 1 aliphatic carbocycles. The first-order chi connectivity index (χ1) is 19.9. The number of imidazole rings is 1. The molecule has 13 nitrogen and oxygen atoms in total. The molecule has 14 heteroatoms. The van der Waals surface area contributed by atoms with Gasteiger partial charge in [0.25, 0.3) is 0 Å². The molecule has 1 saturated carbocycles. The molecule has 41 heavy (non-hydrogen) atoms. The van der Waals surface area contributed by atoms with Crippen LogP contribution in [0.25, 0.3) is 11.2 Å². The highest BCUT2D eigenvalue weighted by molar-refractivity contribution is 7.53. The number of hydrogen-bond acceptors (Lipinski definition) is 12. The van der Waals surface area contributed by atoms with Gasteiger partial charge in [-0.05, 0) is 38.5 Å². The minimum atomic E-state index is -1.27. The highest BCUT2D eigenvalue weighted by Gasteiger charge is 2.27. The number of fused-ring (bicyclic) bond motifs is 1. The summed E-state index contributed by atoms with van der Waals surface area (Å²) in [6.45, 7) is 9.58. The minimum Gasteiger partial charge on any atom is -0.465 e. The second-order valence-electron chi connectivity index (χ2n) is 10.1. The van der Waals surface area contributed by atoms with Gasteiger partial charge in [0.05, 0.1) is 40.7 Å². The maximum Gasteiger partial charge on any atom is 0.323 e. The average molecular weight is 595 g/mol. The topological polar surface area (TPSA) is 168 Å². The van der Waals surface area contributed by atoms with Gasteiger partial charge < -0.3 is 29.8 Å². The van der Waals surface area contributed by atoms with Crippen molar-refractivity contribution in [2.45, 2.75) is 104 Å². The fourth-order valence-corrected chi connectivity index (χ4v) is 5.77. The van der Waals surface area contributed by atoms with Crippen LogP contribution in [0.4, 0.5) is 11.8 Å². The fraction of sp³-hybridized carbons (Fsp3) is 0.741. The molecule has 2 aromatic heterocycles. The summed E-state index contributed by atoms with van der Waals surface area (Å²) >= 11 is 0. The molecule has 0 unspecified atom stereocenters. The van der Waals surface area contributed by atoms with Crippen LogP contribution in [0.2, 0.25) is 0 Å². The second kappa shape index (κ2) is 17.4. The Morgan fingerprint density at radius 2 is 1.61 bits per heavy atom. The van der Waals surface area contributed by atoms with Gasteiger partial charge in [-0.15, -0.1) is 0 Å². The highest BCUT2D eigenvalue weighted by atomic mass is 31.1. The lowest BCUT2D eigenvalue weighted by molar-refractivity contribution is -0.146. The van der Waals surface area contributed by atoms with Gasteiger partial charge in [0.15, 0.2) is 17.0 Å². The molecule has 0 aromatic carbocycles. The lowest BCUT2D eigenvalue weighted by atomic mass is 10.2. The number of hydrogen-bond donors (Lipinski definition) is 4. The Hall–Kier alpha value is -2.60. The van der Waals surface area contributed by atoms with Gasteiger partial charge in [-0.2, -0.15) is 9.97 Å². The summed E-state index contributed by atoms with van der Waals surface area (Å²) in [5.41, 5.74) is 7.28.